The molecule has 3 rings (SSSR count). The van der Waals surface area contributed by atoms with Gasteiger partial charge in [0.05, 0.1) is 7.05 Å². The summed E-state index contributed by atoms with van der Waals surface area (Å²) in [5.74, 6) is 0.699. The van der Waals surface area contributed by atoms with E-state index in [9.17, 15) is 4.79 Å². The first-order valence-corrected chi connectivity index (χ1v) is 9.75. The molecule has 0 aliphatic carbocycles. The van der Waals surface area contributed by atoms with Crippen molar-refractivity contribution in [1.82, 2.24) is 24.6 Å². The second kappa shape index (κ2) is 9.40. The fraction of sp³-hybridized carbons (Fsp3) is 0.238. The Morgan fingerprint density at radius 3 is 2.69 bits per heavy atom. The summed E-state index contributed by atoms with van der Waals surface area (Å²) in [4.78, 5) is 17.1. The minimum Gasteiger partial charge on any atom is -0.355 e. The highest BCUT2D eigenvalue weighted by atomic mass is 32.1. The molecular weight excluding hydrogens is 384 g/mol. The van der Waals surface area contributed by atoms with Crippen molar-refractivity contribution in [3.63, 3.8) is 0 Å². The molecule has 0 bridgehead atoms. The molecule has 8 heteroatoms. The van der Waals surface area contributed by atoms with E-state index in [4.69, 9.17) is 17.3 Å². The molecule has 0 saturated heterocycles. The maximum Gasteiger partial charge on any atom is 0.251 e. The largest absolute Gasteiger partial charge is 0.355 e. The van der Waals surface area contributed by atoms with E-state index < -0.39 is 0 Å². The number of hydrogen-bond acceptors (Lipinski definition) is 4. The number of carbonyl (C=O) groups excluding carboxylic acids is 1. The molecule has 1 unspecified atom stereocenters. The minimum atomic E-state index is -0.0840. The van der Waals surface area contributed by atoms with Gasteiger partial charge in [0.2, 0.25) is 4.77 Å². The second-order valence-electron chi connectivity index (χ2n) is 6.81. The Kier molecular flexibility index (Phi) is 6.69. The van der Waals surface area contributed by atoms with Crippen molar-refractivity contribution in [3.05, 3.63) is 77.3 Å². The van der Waals surface area contributed by atoms with E-state index in [-0.39, 0.29) is 5.91 Å². The molecule has 0 aliphatic heterocycles. The number of amides is 1. The van der Waals surface area contributed by atoms with E-state index in [0.717, 1.165) is 23.5 Å². The van der Waals surface area contributed by atoms with Crippen LogP contribution in [-0.2, 0) is 19.8 Å². The summed E-state index contributed by atoms with van der Waals surface area (Å²) in [6.07, 6.45) is 5.33. The lowest BCUT2D eigenvalue weighted by Gasteiger charge is -2.14. The average molecular weight is 410 g/mol. The second-order valence-corrected chi connectivity index (χ2v) is 7.18. The zero-order chi connectivity index (χ0) is 20.8. The molecule has 150 valence electrons. The normalized spacial score (nSPS) is 11.8. The van der Waals surface area contributed by atoms with Gasteiger partial charge >= 0.3 is 0 Å². The van der Waals surface area contributed by atoms with Crippen LogP contribution in [0.3, 0.4) is 0 Å². The van der Waals surface area contributed by atoms with Gasteiger partial charge in [-0.05, 0) is 36.5 Å². The first-order chi connectivity index (χ1) is 14.0. The zero-order valence-corrected chi connectivity index (χ0v) is 17.4. The van der Waals surface area contributed by atoms with Gasteiger partial charge in [-0.25, -0.2) is 0 Å². The predicted molar refractivity (Wildman–Crippen MR) is 115 cm³/mol. The number of benzene rings is 1. The Bertz CT molecular complexity index is 1040. The van der Waals surface area contributed by atoms with E-state index >= 15 is 0 Å². The van der Waals surface area contributed by atoms with Crippen LogP contribution < -0.4 is 10.2 Å². The van der Waals surface area contributed by atoms with Gasteiger partial charge in [0, 0.05) is 42.7 Å². The van der Waals surface area contributed by atoms with Crippen LogP contribution in [0.5, 0.6) is 0 Å². The third-order valence-electron chi connectivity index (χ3n) is 4.52. The highest BCUT2D eigenvalue weighted by Gasteiger charge is 2.15. The number of nitrogens with zero attached hydrogens (tertiary/aromatic N) is 4. The van der Waals surface area contributed by atoms with E-state index in [1.807, 2.05) is 51.7 Å². The average Bonchev–Trinajstić information content (AvgIpc) is 3.04. The van der Waals surface area contributed by atoms with Gasteiger partial charge in [0.25, 0.3) is 5.91 Å². The molecule has 1 amide bonds. The zero-order valence-electron chi connectivity index (χ0n) is 16.6. The Balaban J connectivity index is 1.78. The van der Waals surface area contributed by atoms with E-state index in [0.29, 0.717) is 23.5 Å². The van der Waals surface area contributed by atoms with Crippen LogP contribution in [-0.4, -0.2) is 39.3 Å². The first kappa shape index (κ1) is 20.6. The molecule has 0 spiro atoms. The molecule has 7 nitrogen and oxygen atoms in total. The Hall–Kier alpha value is -3.10. The summed E-state index contributed by atoms with van der Waals surface area (Å²) in [5, 5.41) is 7.37. The molecule has 0 saturated carbocycles. The quantitative estimate of drug-likeness (QED) is 0.439. The molecule has 0 radical (unpaired) electrons. The number of carbonyl (C=O) groups is 1. The number of nitrogens with one attached hydrogen (secondary N) is 2. The summed E-state index contributed by atoms with van der Waals surface area (Å²) in [6, 6.07) is 11.5. The van der Waals surface area contributed by atoms with Crippen molar-refractivity contribution in [2.75, 3.05) is 14.1 Å². The topological polar surface area (TPSA) is 69.2 Å². The van der Waals surface area contributed by atoms with Crippen molar-refractivity contribution in [1.29, 1.82) is 0 Å². The summed E-state index contributed by atoms with van der Waals surface area (Å²) < 4.78 is 4.46. The third kappa shape index (κ3) is 4.85. The maximum absolute atomic E-state index is 11.7. The standard InChI is InChI=1S/C21H24N6OS/c1-4-12-26-19(18-6-5-11-23-13-18)24-27(21(26)29)15-25(3)14-16-7-9-17(10-8-16)20(28)22-2/h4-11,13H,1,12,14-15H2,2-3H3,(H,22,28)/p+1. The van der Waals surface area contributed by atoms with Crippen molar-refractivity contribution in [2.24, 2.45) is 0 Å². The lowest BCUT2D eigenvalue weighted by Crippen LogP contribution is -3.07. The van der Waals surface area contributed by atoms with Crippen LogP contribution in [0.1, 0.15) is 15.9 Å². The molecule has 2 N–H and O–H groups in total. The molecule has 0 fully saturated rings. The number of quaternary nitrogens is 1. The molecule has 1 atom stereocenters. The lowest BCUT2D eigenvalue weighted by atomic mass is 10.1. The Labute approximate surface area is 175 Å². The van der Waals surface area contributed by atoms with Crippen molar-refractivity contribution in [3.8, 4) is 11.4 Å². The lowest BCUT2D eigenvalue weighted by molar-refractivity contribution is -0.917. The van der Waals surface area contributed by atoms with Gasteiger partial charge in [-0.3, -0.25) is 14.3 Å². The van der Waals surface area contributed by atoms with Crippen LogP contribution >= 0.6 is 12.2 Å². The predicted octanol–water partition coefficient (Wildman–Crippen LogP) is 1.69. The maximum atomic E-state index is 11.7. The number of hydrogen-bond donors (Lipinski definition) is 2. The van der Waals surface area contributed by atoms with Crippen LogP contribution in [0.25, 0.3) is 11.4 Å². The van der Waals surface area contributed by atoms with Gasteiger partial charge in [-0.15, -0.1) is 11.7 Å². The van der Waals surface area contributed by atoms with E-state index in [2.05, 4.69) is 23.9 Å². The number of pyridine rings is 1. The fourth-order valence-electron chi connectivity index (χ4n) is 3.12. The summed E-state index contributed by atoms with van der Waals surface area (Å²) in [6.45, 7) is 5.82. The SMILES string of the molecule is C=CCn1c(-c2cccnc2)nn(C[NH+](C)Cc2ccc(C(=O)NC)cc2)c1=S. The molecule has 0 aliphatic rings. The molecule has 3 aromatic rings. The number of rotatable bonds is 8. The highest BCUT2D eigenvalue weighted by Crippen LogP contribution is 2.17. The van der Waals surface area contributed by atoms with Gasteiger partial charge < -0.3 is 10.2 Å². The first-order valence-electron chi connectivity index (χ1n) is 9.34. The molecular formula is C21H25N6OS+. The van der Waals surface area contributed by atoms with Crippen LogP contribution in [0.2, 0.25) is 0 Å². The number of aromatic nitrogens is 4. The fourth-order valence-corrected chi connectivity index (χ4v) is 3.39. The van der Waals surface area contributed by atoms with Crippen molar-refractivity contribution < 1.29 is 9.69 Å². The minimum absolute atomic E-state index is 0.0840. The third-order valence-corrected chi connectivity index (χ3v) is 4.95. The van der Waals surface area contributed by atoms with Crippen LogP contribution in [0.4, 0.5) is 0 Å². The van der Waals surface area contributed by atoms with Crippen LogP contribution in [0, 0.1) is 4.77 Å². The summed E-state index contributed by atoms with van der Waals surface area (Å²) >= 11 is 5.66. The molecule has 29 heavy (non-hydrogen) atoms. The van der Waals surface area contributed by atoms with E-state index in [1.165, 1.54) is 4.90 Å². The van der Waals surface area contributed by atoms with E-state index in [1.54, 1.807) is 19.4 Å². The van der Waals surface area contributed by atoms with Crippen molar-refractivity contribution in [2.45, 2.75) is 19.8 Å². The van der Waals surface area contributed by atoms with Crippen LogP contribution in [0.15, 0.2) is 61.4 Å². The molecule has 2 aromatic heterocycles. The van der Waals surface area contributed by atoms with Gasteiger partial charge in [-0.2, -0.15) is 4.68 Å². The summed E-state index contributed by atoms with van der Waals surface area (Å²) in [7, 11) is 3.72. The molecule has 2 heterocycles. The highest BCUT2D eigenvalue weighted by molar-refractivity contribution is 7.71. The number of allylic oxidation sites excluding steroid dienone is 1. The monoisotopic (exact) mass is 409 g/mol. The van der Waals surface area contributed by atoms with Crippen molar-refractivity contribution >= 4 is 18.1 Å². The van der Waals surface area contributed by atoms with Gasteiger partial charge in [0.1, 0.15) is 6.54 Å². The Morgan fingerprint density at radius 2 is 2.07 bits per heavy atom. The Morgan fingerprint density at radius 1 is 1.31 bits per heavy atom. The molecule has 1 aromatic carbocycles. The van der Waals surface area contributed by atoms with Gasteiger partial charge in [0.15, 0.2) is 12.5 Å². The summed E-state index contributed by atoms with van der Waals surface area (Å²) in [5.41, 5.74) is 2.71. The smallest absolute Gasteiger partial charge is 0.251 e. The van der Waals surface area contributed by atoms with Gasteiger partial charge in [-0.1, -0.05) is 18.2 Å².